The zero-order chi connectivity index (χ0) is 13.8. The van der Waals surface area contributed by atoms with Crippen LogP contribution in [0.2, 0.25) is 5.02 Å². The molecule has 0 radical (unpaired) electrons. The lowest BCUT2D eigenvalue weighted by Crippen LogP contribution is -2.41. The number of halogens is 1. The van der Waals surface area contributed by atoms with Gasteiger partial charge in [0.25, 0.3) is 0 Å². The third-order valence-corrected chi connectivity index (χ3v) is 2.53. The van der Waals surface area contributed by atoms with E-state index in [1.807, 2.05) is 20.8 Å². The van der Waals surface area contributed by atoms with Crippen molar-refractivity contribution in [3.8, 4) is 5.75 Å². The van der Waals surface area contributed by atoms with E-state index in [-0.39, 0.29) is 18.0 Å². The number of carbonyl (C=O) groups is 1. The molecule has 1 aromatic carbocycles. The summed E-state index contributed by atoms with van der Waals surface area (Å²) in [6, 6.07) is 5.12. The molecule has 100 valence electrons. The summed E-state index contributed by atoms with van der Waals surface area (Å²) in [6.45, 7) is 6.28. The van der Waals surface area contributed by atoms with Gasteiger partial charge in [-0.15, -0.1) is 0 Å². The summed E-state index contributed by atoms with van der Waals surface area (Å²) in [5, 5.41) is 6.41. The molecule has 0 bridgehead atoms. The van der Waals surface area contributed by atoms with Crippen LogP contribution >= 0.6 is 11.6 Å². The predicted octanol–water partition coefficient (Wildman–Crippen LogP) is 2.68. The van der Waals surface area contributed by atoms with Gasteiger partial charge in [0.2, 0.25) is 5.91 Å². The normalized spacial score (nSPS) is 11.2. The van der Waals surface area contributed by atoms with Gasteiger partial charge in [0.1, 0.15) is 5.75 Å². The largest absolute Gasteiger partial charge is 0.495 e. The van der Waals surface area contributed by atoms with Gasteiger partial charge < -0.3 is 15.4 Å². The molecule has 0 spiro atoms. The summed E-state index contributed by atoms with van der Waals surface area (Å²) in [7, 11) is 1.54. The van der Waals surface area contributed by atoms with Crippen LogP contribution in [0.4, 0.5) is 5.69 Å². The highest BCUT2D eigenvalue weighted by Crippen LogP contribution is 2.27. The SMILES string of the molecule is COc1cc(NC(=O)CNC(C)(C)C)ccc1Cl. The highest BCUT2D eigenvalue weighted by molar-refractivity contribution is 6.32. The fourth-order valence-corrected chi connectivity index (χ4v) is 1.48. The zero-order valence-electron chi connectivity index (χ0n) is 11.1. The fraction of sp³-hybridized carbons (Fsp3) is 0.462. The molecule has 0 saturated carbocycles. The van der Waals surface area contributed by atoms with E-state index in [1.165, 1.54) is 7.11 Å². The Hall–Kier alpha value is -1.26. The van der Waals surface area contributed by atoms with Crippen LogP contribution in [-0.4, -0.2) is 25.1 Å². The number of benzene rings is 1. The summed E-state index contributed by atoms with van der Waals surface area (Å²) >= 11 is 5.90. The van der Waals surface area contributed by atoms with Crippen molar-refractivity contribution in [3.63, 3.8) is 0 Å². The van der Waals surface area contributed by atoms with Gasteiger partial charge in [-0.1, -0.05) is 11.6 Å². The van der Waals surface area contributed by atoms with Gasteiger partial charge in [-0.2, -0.15) is 0 Å². The number of hydrogen-bond donors (Lipinski definition) is 2. The first-order valence-corrected chi connectivity index (χ1v) is 6.08. The molecule has 0 heterocycles. The first kappa shape index (κ1) is 14.8. The van der Waals surface area contributed by atoms with Crippen molar-refractivity contribution in [2.45, 2.75) is 26.3 Å². The molecule has 0 aliphatic heterocycles. The quantitative estimate of drug-likeness (QED) is 0.884. The maximum atomic E-state index is 11.7. The second kappa shape index (κ2) is 6.07. The number of ether oxygens (including phenoxy) is 1. The van der Waals surface area contributed by atoms with Gasteiger partial charge in [0, 0.05) is 17.3 Å². The van der Waals surface area contributed by atoms with Crippen LogP contribution in [0.5, 0.6) is 5.75 Å². The smallest absolute Gasteiger partial charge is 0.238 e. The lowest BCUT2D eigenvalue weighted by Gasteiger charge is -2.20. The van der Waals surface area contributed by atoms with Crippen LogP contribution in [0.1, 0.15) is 20.8 Å². The minimum Gasteiger partial charge on any atom is -0.495 e. The third kappa shape index (κ3) is 4.94. The molecule has 0 unspecified atom stereocenters. The van der Waals surface area contributed by atoms with Crippen LogP contribution in [0.25, 0.3) is 0 Å². The van der Waals surface area contributed by atoms with E-state index in [4.69, 9.17) is 16.3 Å². The molecule has 2 N–H and O–H groups in total. The Labute approximate surface area is 113 Å². The Morgan fingerprint density at radius 1 is 1.39 bits per heavy atom. The molecule has 4 nitrogen and oxygen atoms in total. The molecule has 1 amide bonds. The van der Waals surface area contributed by atoms with Crippen LogP contribution in [-0.2, 0) is 4.79 Å². The minimum atomic E-state index is -0.102. The van der Waals surface area contributed by atoms with Gasteiger partial charge in [0.15, 0.2) is 0 Å². The molecule has 0 fully saturated rings. The second-order valence-electron chi connectivity index (χ2n) is 5.00. The van der Waals surface area contributed by atoms with E-state index in [1.54, 1.807) is 18.2 Å². The first-order chi connectivity index (χ1) is 8.31. The monoisotopic (exact) mass is 270 g/mol. The van der Waals surface area contributed by atoms with Crippen molar-refractivity contribution >= 4 is 23.2 Å². The number of rotatable bonds is 4. The first-order valence-electron chi connectivity index (χ1n) is 5.70. The van der Waals surface area contributed by atoms with Crippen LogP contribution in [0, 0.1) is 0 Å². The highest BCUT2D eigenvalue weighted by atomic mass is 35.5. The number of methoxy groups -OCH3 is 1. The van der Waals surface area contributed by atoms with Crippen molar-refractivity contribution in [1.29, 1.82) is 0 Å². The van der Waals surface area contributed by atoms with Crippen LogP contribution < -0.4 is 15.4 Å². The minimum absolute atomic E-state index is 0.0883. The average molecular weight is 271 g/mol. The Morgan fingerprint density at radius 2 is 2.06 bits per heavy atom. The number of nitrogens with one attached hydrogen (secondary N) is 2. The molecule has 0 atom stereocenters. The van der Waals surface area contributed by atoms with Gasteiger partial charge in [0.05, 0.1) is 18.7 Å². The van der Waals surface area contributed by atoms with E-state index >= 15 is 0 Å². The number of amides is 1. The van der Waals surface area contributed by atoms with Crippen molar-refractivity contribution in [2.24, 2.45) is 0 Å². The molecule has 1 aromatic rings. The predicted molar refractivity (Wildman–Crippen MR) is 74.4 cm³/mol. The maximum absolute atomic E-state index is 11.7. The number of carbonyl (C=O) groups excluding carboxylic acids is 1. The Morgan fingerprint density at radius 3 is 2.61 bits per heavy atom. The highest BCUT2D eigenvalue weighted by Gasteiger charge is 2.11. The lowest BCUT2D eigenvalue weighted by molar-refractivity contribution is -0.115. The molecule has 0 aromatic heterocycles. The molecule has 1 rings (SSSR count). The van der Waals surface area contributed by atoms with Crippen molar-refractivity contribution in [2.75, 3.05) is 19.0 Å². The molecule has 0 aliphatic carbocycles. The van der Waals surface area contributed by atoms with Gasteiger partial charge in [-0.05, 0) is 32.9 Å². The van der Waals surface area contributed by atoms with E-state index in [0.717, 1.165) is 0 Å². The van der Waals surface area contributed by atoms with Gasteiger partial charge in [-0.3, -0.25) is 4.79 Å². The second-order valence-corrected chi connectivity index (χ2v) is 5.41. The molecular formula is C13H19ClN2O2. The van der Waals surface area contributed by atoms with E-state index < -0.39 is 0 Å². The zero-order valence-corrected chi connectivity index (χ0v) is 11.9. The summed E-state index contributed by atoms with van der Waals surface area (Å²) in [5.41, 5.74) is 0.576. The fourth-order valence-electron chi connectivity index (χ4n) is 1.29. The summed E-state index contributed by atoms with van der Waals surface area (Å²) < 4.78 is 5.08. The molecule has 0 saturated heterocycles. The van der Waals surface area contributed by atoms with Gasteiger partial charge >= 0.3 is 0 Å². The van der Waals surface area contributed by atoms with Crippen LogP contribution in [0.15, 0.2) is 18.2 Å². The molecule has 0 aliphatic rings. The van der Waals surface area contributed by atoms with Gasteiger partial charge in [-0.25, -0.2) is 0 Å². The molecule has 18 heavy (non-hydrogen) atoms. The third-order valence-electron chi connectivity index (χ3n) is 2.21. The summed E-state index contributed by atoms with van der Waals surface area (Å²) in [4.78, 5) is 11.7. The average Bonchev–Trinajstić information content (AvgIpc) is 2.28. The number of hydrogen-bond acceptors (Lipinski definition) is 3. The van der Waals surface area contributed by atoms with Crippen molar-refractivity contribution < 1.29 is 9.53 Å². The van der Waals surface area contributed by atoms with Crippen molar-refractivity contribution in [3.05, 3.63) is 23.2 Å². The molecule has 5 heteroatoms. The maximum Gasteiger partial charge on any atom is 0.238 e. The summed E-state index contributed by atoms with van der Waals surface area (Å²) in [5.74, 6) is 0.438. The molecular weight excluding hydrogens is 252 g/mol. The topological polar surface area (TPSA) is 50.4 Å². The Kier molecular flexibility index (Phi) is 4.99. The summed E-state index contributed by atoms with van der Waals surface area (Å²) in [6.07, 6.45) is 0. The van der Waals surface area contributed by atoms with Crippen molar-refractivity contribution in [1.82, 2.24) is 5.32 Å². The standard InChI is InChI=1S/C13H19ClN2O2/c1-13(2,3)15-8-12(17)16-9-5-6-10(14)11(7-9)18-4/h5-7,15H,8H2,1-4H3,(H,16,17). The van der Waals surface area contributed by atoms with Crippen LogP contribution in [0.3, 0.4) is 0 Å². The van der Waals surface area contributed by atoms with E-state index in [9.17, 15) is 4.79 Å². The van der Waals surface area contributed by atoms with E-state index in [0.29, 0.717) is 16.5 Å². The number of anilines is 1. The van der Waals surface area contributed by atoms with E-state index in [2.05, 4.69) is 10.6 Å². The lowest BCUT2D eigenvalue weighted by atomic mass is 10.1. The Balaban J connectivity index is 2.59. The Bertz CT molecular complexity index is 427.